The molecular formula is C18H20N4. The first-order valence-corrected chi connectivity index (χ1v) is 7.92. The lowest BCUT2D eigenvalue weighted by atomic mass is 9.94. The van der Waals surface area contributed by atoms with Gasteiger partial charge in [-0.1, -0.05) is 11.6 Å². The number of nitrogens with zero attached hydrogens (tertiary/aromatic N) is 3. The zero-order valence-electron chi connectivity index (χ0n) is 12.8. The number of aryl methyl sites for hydroxylation is 1. The summed E-state index contributed by atoms with van der Waals surface area (Å²) in [7, 11) is 1.94. The first kappa shape index (κ1) is 13.3. The Balaban J connectivity index is 1.71. The zero-order chi connectivity index (χ0) is 14.9. The van der Waals surface area contributed by atoms with Crippen LogP contribution < -0.4 is 0 Å². The number of fused-ring (bicyclic) bond motifs is 1. The molecule has 0 aromatic carbocycles. The van der Waals surface area contributed by atoms with Crippen molar-refractivity contribution in [2.45, 2.75) is 32.1 Å². The second-order valence-electron chi connectivity index (χ2n) is 6.13. The summed E-state index contributed by atoms with van der Waals surface area (Å²) >= 11 is 0. The van der Waals surface area contributed by atoms with Crippen molar-refractivity contribution in [3.8, 4) is 11.1 Å². The third-order valence-corrected chi connectivity index (χ3v) is 4.42. The summed E-state index contributed by atoms with van der Waals surface area (Å²) in [6.45, 7) is 0. The quantitative estimate of drug-likeness (QED) is 0.741. The van der Waals surface area contributed by atoms with Crippen molar-refractivity contribution in [2.75, 3.05) is 0 Å². The van der Waals surface area contributed by atoms with Gasteiger partial charge in [0.15, 0.2) is 0 Å². The number of allylic oxidation sites excluding steroid dienone is 2. The van der Waals surface area contributed by atoms with Crippen LogP contribution in [0.1, 0.15) is 31.2 Å². The van der Waals surface area contributed by atoms with E-state index in [1.54, 1.807) is 5.57 Å². The molecule has 0 amide bonds. The van der Waals surface area contributed by atoms with Crippen LogP contribution in [0.15, 0.2) is 42.5 Å². The second-order valence-corrected chi connectivity index (χ2v) is 6.13. The molecule has 0 saturated heterocycles. The average Bonchev–Trinajstić information content (AvgIpc) is 3.14. The fourth-order valence-corrected chi connectivity index (χ4v) is 3.27. The summed E-state index contributed by atoms with van der Waals surface area (Å²) in [5.74, 6) is 0. The van der Waals surface area contributed by atoms with E-state index in [1.807, 2.05) is 36.5 Å². The van der Waals surface area contributed by atoms with Crippen LogP contribution in [0, 0.1) is 0 Å². The van der Waals surface area contributed by atoms with Gasteiger partial charge in [0.25, 0.3) is 0 Å². The molecule has 0 atom stereocenters. The molecule has 0 unspecified atom stereocenters. The van der Waals surface area contributed by atoms with Gasteiger partial charge in [-0.05, 0) is 43.7 Å². The summed E-state index contributed by atoms with van der Waals surface area (Å²) in [4.78, 5) is 7.85. The van der Waals surface area contributed by atoms with E-state index in [2.05, 4.69) is 27.2 Å². The van der Waals surface area contributed by atoms with Crippen molar-refractivity contribution in [1.29, 1.82) is 0 Å². The van der Waals surface area contributed by atoms with Gasteiger partial charge in [-0.3, -0.25) is 4.68 Å². The Hall–Kier alpha value is -2.36. The van der Waals surface area contributed by atoms with Crippen molar-refractivity contribution < 1.29 is 0 Å². The van der Waals surface area contributed by atoms with Crippen LogP contribution in [0.2, 0.25) is 0 Å². The molecule has 0 fully saturated rings. The average molecular weight is 292 g/mol. The number of aromatic nitrogens is 4. The Morgan fingerprint density at radius 2 is 2.23 bits per heavy atom. The fraction of sp³-hybridized carbons (Fsp3) is 0.333. The molecule has 0 aliphatic heterocycles. The van der Waals surface area contributed by atoms with Crippen LogP contribution >= 0.6 is 0 Å². The standard InChI is InChI=1S/C18H20N4/c1-22-12-15(10-21-22)17-11-20-18-16(17)8-14(9-19-18)7-13-5-3-2-4-6-13/h5,8-12H,2-4,6-7H2,1H3,(H,19,20). The number of nitrogens with one attached hydrogen (secondary N) is 1. The number of H-pyrrole nitrogens is 1. The van der Waals surface area contributed by atoms with E-state index < -0.39 is 0 Å². The van der Waals surface area contributed by atoms with Gasteiger partial charge in [0.05, 0.1) is 6.20 Å². The molecule has 4 rings (SSSR count). The molecule has 1 aliphatic carbocycles. The lowest BCUT2D eigenvalue weighted by molar-refractivity contribution is 0.688. The molecule has 3 heterocycles. The normalized spacial score (nSPS) is 15.2. The molecule has 0 bridgehead atoms. The predicted molar refractivity (Wildman–Crippen MR) is 88.6 cm³/mol. The Kier molecular flexibility index (Phi) is 3.29. The van der Waals surface area contributed by atoms with Crippen LogP contribution in [0.5, 0.6) is 0 Å². The van der Waals surface area contributed by atoms with Crippen LogP contribution in [-0.4, -0.2) is 19.7 Å². The smallest absolute Gasteiger partial charge is 0.137 e. The van der Waals surface area contributed by atoms with Gasteiger partial charge in [0.2, 0.25) is 0 Å². The number of rotatable bonds is 3. The van der Waals surface area contributed by atoms with Crippen LogP contribution in [0.25, 0.3) is 22.2 Å². The molecule has 0 saturated carbocycles. The van der Waals surface area contributed by atoms with Crippen molar-refractivity contribution in [3.05, 3.63) is 48.1 Å². The molecular weight excluding hydrogens is 272 g/mol. The number of pyridine rings is 1. The molecule has 4 heteroatoms. The van der Waals surface area contributed by atoms with Crippen molar-refractivity contribution >= 4 is 11.0 Å². The van der Waals surface area contributed by atoms with E-state index in [1.165, 1.54) is 42.2 Å². The molecule has 3 aromatic rings. The van der Waals surface area contributed by atoms with E-state index in [0.29, 0.717) is 0 Å². The molecule has 4 nitrogen and oxygen atoms in total. The van der Waals surface area contributed by atoms with E-state index in [4.69, 9.17) is 0 Å². The topological polar surface area (TPSA) is 46.5 Å². The fourth-order valence-electron chi connectivity index (χ4n) is 3.27. The van der Waals surface area contributed by atoms with Gasteiger partial charge in [0.1, 0.15) is 5.65 Å². The highest BCUT2D eigenvalue weighted by molar-refractivity contribution is 5.93. The molecule has 0 radical (unpaired) electrons. The summed E-state index contributed by atoms with van der Waals surface area (Å²) in [5.41, 5.74) is 6.11. The maximum atomic E-state index is 4.59. The Bertz CT molecular complexity index is 838. The SMILES string of the molecule is Cn1cc(-c2c[nH]c3ncc(CC4=CCCCC4)cc23)cn1. The van der Waals surface area contributed by atoms with Gasteiger partial charge in [-0.2, -0.15) is 5.10 Å². The summed E-state index contributed by atoms with van der Waals surface area (Å²) in [6, 6.07) is 2.27. The van der Waals surface area contributed by atoms with E-state index in [-0.39, 0.29) is 0 Å². The third kappa shape index (κ3) is 2.45. The minimum absolute atomic E-state index is 0.945. The van der Waals surface area contributed by atoms with Crippen molar-refractivity contribution in [1.82, 2.24) is 19.7 Å². The first-order valence-electron chi connectivity index (χ1n) is 7.92. The molecule has 22 heavy (non-hydrogen) atoms. The number of hydrogen-bond donors (Lipinski definition) is 1. The highest BCUT2D eigenvalue weighted by Gasteiger charge is 2.11. The predicted octanol–water partition coefficient (Wildman–Crippen LogP) is 4.01. The summed E-state index contributed by atoms with van der Waals surface area (Å²) in [5, 5.41) is 5.45. The lowest BCUT2D eigenvalue weighted by Crippen LogP contribution is -1.96. The van der Waals surface area contributed by atoms with Crippen LogP contribution in [-0.2, 0) is 13.5 Å². The number of hydrogen-bond acceptors (Lipinski definition) is 2. The van der Waals surface area contributed by atoms with Gasteiger partial charge < -0.3 is 4.98 Å². The third-order valence-electron chi connectivity index (χ3n) is 4.42. The van der Waals surface area contributed by atoms with Crippen LogP contribution in [0.3, 0.4) is 0 Å². The van der Waals surface area contributed by atoms with E-state index in [0.717, 1.165) is 17.6 Å². The molecule has 1 aliphatic rings. The van der Waals surface area contributed by atoms with Crippen LogP contribution in [0.4, 0.5) is 0 Å². The molecule has 3 aromatic heterocycles. The van der Waals surface area contributed by atoms with Crippen molar-refractivity contribution in [3.63, 3.8) is 0 Å². The summed E-state index contributed by atoms with van der Waals surface area (Å²) in [6.07, 6.45) is 16.5. The zero-order valence-corrected chi connectivity index (χ0v) is 12.8. The van der Waals surface area contributed by atoms with E-state index >= 15 is 0 Å². The maximum Gasteiger partial charge on any atom is 0.137 e. The molecule has 1 N–H and O–H groups in total. The monoisotopic (exact) mass is 292 g/mol. The highest BCUT2D eigenvalue weighted by atomic mass is 15.2. The minimum Gasteiger partial charge on any atom is -0.346 e. The van der Waals surface area contributed by atoms with E-state index in [9.17, 15) is 0 Å². The second kappa shape index (κ2) is 5.44. The maximum absolute atomic E-state index is 4.59. The Morgan fingerprint density at radius 1 is 1.27 bits per heavy atom. The van der Waals surface area contributed by atoms with Crippen molar-refractivity contribution in [2.24, 2.45) is 7.05 Å². The highest BCUT2D eigenvalue weighted by Crippen LogP contribution is 2.29. The van der Waals surface area contributed by atoms with Gasteiger partial charge in [0, 0.05) is 42.2 Å². The lowest BCUT2D eigenvalue weighted by Gasteiger charge is -2.12. The summed E-state index contributed by atoms with van der Waals surface area (Å²) < 4.78 is 1.83. The Labute approximate surface area is 129 Å². The minimum atomic E-state index is 0.945. The van der Waals surface area contributed by atoms with Gasteiger partial charge >= 0.3 is 0 Å². The molecule has 0 spiro atoms. The first-order chi connectivity index (χ1) is 10.8. The Morgan fingerprint density at radius 3 is 3.00 bits per heavy atom. The van der Waals surface area contributed by atoms with Gasteiger partial charge in [-0.25, -0.2) is 4.98 Å². The molecule has 112 valence electrons. The van der Waals surface area contributed by atoms with Gasteiger partial charge in [-0.15, -0.1) is 0 Å². The largest absolute Gasteiger partial charge is 0.346 e. The number of aromatic amines is 1.